The number of fused-ring (bicyclic) bond motifs is 10. The quantitative estimate of drug-likeness (QED) is 0.427. The number of hydrogen-bond donors (Lipinski definition) is 3. The van der Waals surface area contributed by atoms with Crippen molar-refractivity contribution in [3.8, 4) is 0 Å². The number of aromatic amines is 1. The van der Waals surface area contributed by atoms with Crippen molar-refractivity contribution in [2.75, 3.05) is 11.1 Å². The van der Waals surface area contributed by atoms with Crippen LogP contribution in [-0.2, 0) is 0 Å². The van der Waals surface area contributed by atoms with E-state index in [1.54, 1.807) is 11.3 Å². The van der Waals surface area contributed by atoms with Crippen molar-refractivity contribution in [3.63, 3.8) is 0 Å². The number of nitrogens with zero attached hydrogens (tertiary/aromatic N) is 2. The molecule has 3 heterocycles. The molecule has 0 saturated heterocycles. The highest BCUT2D eigenvalue weighted by Crippen LogP contribution is 2.64. The van der Waals surface area contributed by atoms with Crippen molar-refractivity contribution in [2.45, 2.75) is 31.2 Å². The molecule has 5 nitrogen and oxygen atoms in total. The topological polar surface area (TPSA) is 79.6 Å². The fourth-order valence-electron chi connectivity index (χ4n) is 6.49. The van der Waals surface area contributed by atoms with E-state index in [4.69, 9.17) is 5.73 Å². The average molecular weight is 388 g/mol. The summed E-state index contributed by atoms with van der Waals surface area (Å²) in [5.74, 6) is 2.89. The second-order valence-electron chi connectivity index (χ2n) is 8.70. The van der Waals surface area contributed by atoms with E-state index < -0.39 is 0 Å². The van der Waals surface area contributed by atoms with E-state index >= 15 is 0 Å². The van der Waals surface area contributed by atoms with Gasteiger partial charge in [0.2, 0.25) is 0 Å². The fraction of sp³-hybridized carbons (Fsp3) is 0.364. The first-order valence-corrected chi connectivity index (χ1v) is 11.0. The largest absolute Gasteiger partial charge is 0.378 e. The lowest BCUT2D eigenvalue weighted by atomic mass is 9.67. The zero-order chi connectivity index (χ0) is 18.4. The van der Waals surface area contributed by atoms with Crippen LogP contribution in [-0.4, -0.2) is 15.2 Å². The van der Waals surface area contributed by atoms with Gasteiger partial charge in [-0.3, -0.25) is 5.10 Å². The molecule has 2 fully saturated rings. The molecular formula is C22H21N5S. The summed E-state index contributed by atoms with van der Waals surface area (Å²) in [4.78, 5) is 4.43. The number of nitrogen functional groups attached to an aromatic ring is 1. The van der Waals surface area contributed by atoms with Gasteiger partial charge in [-0.25, -0.2) is 4.98 Å². The molecule has 2 saturated carbocycles. The van der Waals surface area contributed by atoms with Gasteiger partial charge in [-0.05, 0) is 78.3 Å². The summed E-state index contributed by atoms with van der Waals surface area (Å²) in [6, 6.07) is 11.5. The van der Waals surface area contributed by atoms with Gasteiger partial charge in [-0.2, -0.15) is 5.10 Å². The predicted octanol–water partition coefficient (Wildman–Crippen LogP) is 5.05. The molecule has 140 valence electrons. The molecule has 2 aliphatic carbocycles. The van der Waals surface area contributed by atoms with Crippen LogP contribution in [0.2, 0.25) is 0 Å². The molecule has 0 spiro atoms. The Hall–Kier alpha value is -2.60. The van der Waals surface area contributed by atoms with E-state index in [2.05, 4.69) is 50.8 Å². The molecule has 5 unspecified atom stereocenters. The highest BCUT2D eigenvalue weighted by molar-refractivity contribution is 7.22. The minimum Gasteiger partial charge on any atom is -0.378 e. The fourth-order valence-corrected chi connectivity index (χ4v) is 7.27. The summed E-state index contributed by atoms with van der Waals surface area (Å²) >= 11 is 1.59. The van der Waals surface area contributed by atoms with Crippen LogP contribution >= 0.6 is 11.3 Å². The third-order valence-corrected chi connectivity index (χ3v) is 8.31. The summed E-state index contributed by atoms with van der Waals surface area (Å²) < 4.78 is 1.19. The van der Waals surface area contributed by atoms with E-state index in [-0.39, 0.29) is 0 Å². The molecule has 4 N–H and O–H groups in total. The van der Waals surface area contributed by atoms with Crippen LogP contribution in [0.25, 0.3) is 21.1 Å². The molecule has 2 bridgehead atoms. The first-order valence-electron chi connectivity index (χ1n) is 10.1. The van der Waals surface area contributed by atoms with Crippen LogP contribution < -0.4 is 11.1 Å². The van der Waals surface area contributed by atoms with Gasteiger partial charge in [0.1, 0.15) is 0 Å². The van der Waals surface area contributed by atoms with Crippen molar-refractivity contribution in [3.05, 3.63) is 47.7 Å². The van der Waals surface area contributed by atoms with Crippen molar-refractivity contribution >= 4 is 43.3 Å². The third kappa shape index (κ3) is 1.91. The lowest BCUT2D eigenvalue weighted by Crippen LogP contribution is -2.35. The van der Waals surface area contributed by atoms with Crippen LogP contribution in [0.3, 0.4) is 0 Å². The van der Waals surface area contributed by atoms with Crippen LogP contribution in [0, 0.1) is 17.8 Å². The molecule has 0 radical (unpaired) electrons. The Morgan fingerprint density at radius 3 is 3.00 bits per heavy atom. The van der Waals surface area contributed by atoms with Gasteiger partial charge in [0.25, 0.3) is 0 Å². The molecule has 1 aliphatic heterocycles. The molecule has 7 rings (SSSR count). The van der Waals surface area contributed by atoms with Crippen molar-refractivity contribution in [1.82, 2.24) is 15.2 Å². The Labute approximate surface area is 166 Å². The number of H-pyrrole nitrogens is 1. The maximum absolute atomic E-state index is 5.94. The van der Waals surface area contributed by atoms with Gasteiger partial charge in [0, 0.05) is 11.1 Å². The van der Waals surface area contributed by atoms with E-state index in [1.807, 2.05) is 6.20 Å². The number of aromatic nitrogens is 3. The highest BCUT2D eigenvalue weighted by atomic mass is 32.1. The first kappa shape index (κ1) is 15.3. The standard InChI is InChI=1S/C22H21N5S/c23-22-26-15-4-3-12(8-17(15)28-22)21-19-11-2-1-10(7-11)18(19)20-13-9-24-27-14(13)5-6-16(20)25-21/h3-6,8-11,18-19,21,25H,1-2,7H2,(H2,23,26)(H,24,27). The SMILES string of the molecule is Nc1nc2ccc(C3Nc4ccc5[nH]ncc5c4C4C5CCC(C5)C34)cc2s1. The van der Waals surface area contributed by atoms with Crippen LogP contribution in [0.15, 0.2) is 36.5 Å². The monoisotopic (exact) mass is 387 g/mol. The molecule has 2 aromatic heterocycles. The summed E-state index contributed by atoms with van der Waals surface area (Å²) in [7, 11) is 0. The van der Waals surface area contributed by atoms with Gasteiger partial charge in [0.15, 0.2) is 5.13 Å². The van der Waals surface area contributed by atoms with Gasteiger partial charge >= 0.3 is 0 Å². The Kier molecular flexibility index (Phi) is 2.88. The number of nitrogens with two attached hydrogens (primary N) is 1. The highest BCUT2D eigenvalue weighted by Gasteiger charge is 2.54. The first-order chi connectivity index (χ1) is 13.8. The third-order valence-electron chi connectivity index (χ3n) is 7.46. The summed E-state index contributed by atoms with van der Waals surface area (Å²) in [6.07, 6.45) is 6.13. The Morgan fingerprint density at radius 1 is 1.11 bits per heavy atom. The van der Waals surface area contributed by atoms with Crippen molar-refractivity contribution in [2.24, 2.45) is 17.8 Å². The van der Waals surface area contributed by atoms with E-state index in [9.17, 15) is 0 Å². The minimum absolute atomic E-state index is 0.352. The van der Waals surface area contributed by atoms with E-state index in [1.165, 1.54) is 46.2 Å². The Balaban J connectivity index is 1.43. The van der Waals surface area contributed by atoms with Crippen molar-refractivity contribution in [1.29, 1.82) is 0 Å². The second-order valence-corrected chi connectivity index (χ2v) is 9.76. The lowest BCUT2D eigenvalue weighted by Gasteiger charge is -2.43. The van der Waals surface area contributed by atoms with Crippen molar-refractivity contribution < 1.29 is 0 Å². The molecule has 0 amide bonds. The minimum atomic E-state index is 0.352. The normalized spacial score (nSPS) is 30.5. The van der Waals surface area contributed by atoms with Gasteiger partial charge in [0.05, 0.1) is 28.0 Å². The number of hydrogen-bond acceptors (Lipinski definition) is 5. The molecule has 6 heteroatoms. The van der Waals surface area contributed by atoms with Crippen LogP contribution in [0.5, 0.6) is 0 Å². The number of anilines is 2. The van der Waals surface area contributed by atoms with E-state index in [0.717, 1.165) is 22.9 Å². The maximum atomic E-state index is 5.94. The van der Waals surface area contributed by atoms with E-state index in [0.29, 0.717) is 23.0 Å². The number of nitrogens with one attached hydrogen (secondary N) is 2. The number of thiazole rings is 1. The molecule has 3 aliphatic rings. The number of benzene rings is 2. The predicted molar refractivity (Wildman–Crippen MR) is 114 cm³/mol. The molecular weight excluding hydrogens is 366 g/mol. The van der Waals surface area contributed by atoms with Gasteiger partial charge in [-0.1, -0.05) is 17.4 Å². The molecule has 28 heavy (non-hydrogen) atoms. The van der Waals surface area contributed by atoms with Crippen LogP contribution in [0.4, 0.5) is 10.8 Å². The lowest BCUT2D eigenvalue weighted by molar-refractivity contribution is 0.249. The van der Waals surface area contributed by atoms with Gasteiger partial charge in [-0.15, -0.1) is 0 Å². The summed E-state index contributed by atoms with van der Waals surface area (Å²) in [5.41, 5.74) is 12.3. The average Bonchev–Trinajstić information content (AvgIpc) is 3.48. The Morgan fingerprint density at radius 2 is 2.04 bits per heavy atom. The van der Waals surface area contributed by atoms with Gasteiger partial charge < -0.3 is 11.1 Å². The zero-order valence-corrected chi connectivity index (χ0v) is 16.2. The van der Waals surface area contributed by atoms with Crippen LogP contribution in [0.1, 0.15) is 42.3 Å². The summed E-state index contributed by atoms with van der Waals surface area (Å²) in [6.45, 7) is 0. The maximum Gasteiger partial charge on any atom is 0.181 e. The Bertz CT molecular complexity index is 1240. The molecule has 5 atom stereocenters. The smallest absolute Gasteiger partial charge is 0.181 e. The molecule has 2 aromatic carbocycles. The zero-order valence-electron chi connectivity index (χ0n) is 15.4. The molecule has 4 aromatic rings. The summed E-state index contributed by atoms with van der Waals surface area (Å²) in [5, 5.41) is 13.4. The number of rotatable bonds is 1. The second kappa shape index (κ2) is 5.26.